The quantitative estimate of drug-likeness (QED) is 0.627. The van der Waals surface area contributed by atoms with Gasteiger partial charge in [-0.3, -0.25) is 9.78 Å². The minimum absolute atomic E-state index is 0.114. The zero-order chi connectivity index (χ0) is 20.4. The van der Waals surface area contributed by atoms with Crippen molar-refractivity contribution in [3.05, 3.63) is 53.0 Å². The molecule has 29 heavy (non-hydrogen) atoms. The van der Waals surface area contributed by atoms with Crippen molar-refractivity contribution in [1.29, 1.82) is 0 Å². The molecule has 3 aromatic heterocycles. The summed E-state index contributed by atoms with van der Waals surface area (Å²) in [5.41, 5.74) is 3.26. The fourth-order valence-corrected chi connectivity index (χ4v) is 4.83. The molecule has 0 bridgehead atoms. The highest BCUT2D eigenvalue weighted by Crippen LogP contribution is 2.31. The van der Waals surface area contributed by atoms with Gasteiger partial charge in [0.05, 0.1) is 11.2 Å². The van der Waals surface area contributed by atoms with E-state index < -0.39 is 9.84 Å². The fourth-order valence-electron chi connectivity index (χ4n) is 3.47. The third-order valence-electron chi connectivity index (χ3n) is 4.87. The van der Waals surface area contributed by atoms with Gasteiger partial charge in [0, 0.05) is 54.8 Å². The zero-order valence-corrected chi connectivity index (χ0v) is 17.4. The molecule has 1 aliphatic heterocycles. The number of nitrogens with zero attached hydrogens (tertiary/aromatic N) is 5. The first-order valence-electron chi connectivity index (χ1n) is 9.08. The number of rotatable bonds is 4. The zero-order valence-electron chi connectivity index (χ0n) is 15.7. The highest BCUT2D eigenvalue weighted by Gasteiger charge is 2.31. The van der Waals surface area contributed by atoms with Gasteiger partial charge >= 0.3 is 0 Å². The van der Waals surface area contributed by atoms with Crippen LogP contribution in [-0.4, -0.2) is 58.5 Å². The number of aromatic nitrogens is 4. The summed E-state index contributed by atoms with van der Waals surface area (Å²) in [5.74, 6) is 0.109. The number of sulfone groups is 1. The number of pyridine rings is 1. The number of carbonyl (C=O) groups is 1. The molecule has 150 valence electrons. The third kappa shape index (κ3) is 4.18. The number of amides is 1. The van der Waals surface area contributed by atoms with Crippen LogP contribution < -0.4 is 0 Å². The van der Waals surface area contributed by atoms with E-state index in [4.69, 9.17) is 0 Å². The summed E-state index contributed by atoms with van der Waals surface area (Å²) in [4.78, 5) is 31.5. The molecule has 8 nitrogen and oxygen atoms in total. The number of carbonyl (C=O) groups excluding carboxylic acids is 1. The van der Waals surface area contributed by atoms with Crippen molar-refractivity contribution in [1.82, 2.24) is 24.8 Å². The van der Waals surface area contributed by atoms with E-state index in [1.165, 1.54) is 17.5 Å². The normalized spacial score (nSPS) is 17.3. The standard InChI is InChI=1S/C19H19N5O3S2/c1-29(26,27)16-9-21-18(13-4-6-20-7-5-13)23-17(16)14-3-2-8-24(10-14)19(25)15-11-28-12-22-15/h4-7,9,11-12,14H,2-3,8,10H2,1H3. The average Bonchev–Trinajstić information content (AvgIpc) is 3.28. The molecule has 0 aliphatic carbocycles. The molecule has 0 aromatic carbocycles. The number of likely N-dealkylation sites (tertiary alicyclic amines) is 1. The number of piperidine rings is 1. The van der Waals surface area contributed by atoms with Crippen molar-refractivity contribution in [2.24, 2.45) is 0 Å². The van der Waals surface area contributed by atoms with Crippen LogP contribution in [0.1, 0.15) is 34.9 Å². The molecule has 1 fully saturated rings. The first kappa shape index (κ1) is 19.6. The van der Waals surface area contributed by atoms with E-state index in [-0.39, 0.29) is 16.7 Å². The third-order valence-corrected chi connectivity index (χ3v) is 6.57. The Morgan fingerprint density at radius 1 is 1.24 bits per heavy atom. The summed E-state index contributed by atoms with van der Waals surface area (Å²) < 4.78 is 24.7. The van der Waals surface area contributed by atoms with Gasteiger partial charge in [0.25, 0.3) is 5.91 Å². The molecule has 1 aliphatic rings. The lowest BCUT2D eigenvalue weighted by Crippen LogP contribution is -2.39. The predicted octanol–water partition coefficient (Wildman–Crippen LogP) is 2.42. The van der Waals surface area contributed by atoms with Crippen LogP contribution >= 0.6 is 11.3 Å². The molecule has 3 aromatic rings. The van der Waals surface area contributed by atoms with Gasteiger partial charge in [0.2, 0.25) is 0 Å². The Kier molecular flexibility index (Phi) is 5.37. The van der Waals surface area contributed by atoms with Crippen LogP contribution in [0.3, 0.4) is 0 Å². The number of thiazole rings is 1. The van der Waals surface area contributed by atoms with Gasteiger partial charge in [-0.25, -0.2) is 23.4 Å². The van der Waals surface area contributed by atoms with Gasteiger partial charge < -0.3 is 4.90 Å². The average molecular weight is 430 g/mol. The lowest BCUT2D eigenvalue weighted by atomic mass is 9.94. The van der Waals surface area contributed by atoms with E-state index in [0.29, 0.717) is 30.3 Å². The first-order chi connectivity index (χ1) is 13.9. The minimum Gasteiger partial charge on any atom is -0.337 e. The Morgan fingerprint density at radius 2 is 2.03 bits per heavy atom. The number of hydrogen-bond acceptors (Lipinski definition) is 8. The topological polar surface area (TPSA) is 106 Å². The smallest absolute Gasteiger partial charge is 0.273 e. The Hall–Kier alpha value is -2.72. The molecule has 1 amide bonds. The van der Waals surface area contributed by atoms with Crippen LogP contribution in [0.4, 0.5) is 0 Å². The maximum atomic E-state index is 12.7. The molecular formula is C19H19N5O3S2. The largest absolute Gasteiger partial charge is 0.337 e. The Balaban J connectivity index is 1.71. The van der Waals surface area contributed by atoms with Crippen molar-refractivity contribution >= 4 is 27.1 Å². The minimum atomic E-state index is -3.51. The van der Waals surface area contributed by atoms with Gasteiger partial charge in [-0.15, -0.1) is 11.3 Å². The Bertz CT molecular complexity index is 1120. The second-order valence-corrected chi connectivity index (χ2v) is 9.62. The van der Waals surface area contributed by atoms with Crippen molar-refractivity contribution in [2.45, 2.75) is 23.7 Å². The molecular weight excluding hydrogens is 410 g/mol. The lowest BCUT2D eigenvalue weighted by molar-refractivity contribution is 0.0700. The van der Waals surface area contributed by atoms with Crippen molar-refractivity contribution in [3.8, 4) is 11.4 Å². The molecule has 1 atom stereocenters. The highest BCUT2D eigenvalue weighted by atomic mass is 32.2. The number of hydrogen-bond donors (Lipinski definition) is 0. The van der Waals surface area contributed by atoms with Gasteiger partial charge in [0.15, 0.2) is 15.7 Å². The van der Waals surface area contributed by atoms with E-state index in [1.54, 1.807) is 40.3 Å². The van der Waals surface area contributed by atoms with E-state index in [1.807, 2.05) is 0 Å². The molecule has 1 saturated heterocycles. The Labute approximate surface area is 172 Å². The summed E-state index contributed by atoms with van der Waals surface area (Å²) in [6, 6.07) is 3.55. The van der Waals surface area contributed by atoms with Crippen molar-refractivity contribution in [3.63, 3.8) is 0 Å². The highest BCUT2D eigenvalue weighted by molar-refractivity contribution is 7.90. The molecule has 0 saturated carbocycles. The summed E-state index contributed by atoms with van der Waals surface area (Å²) in [5, 5.41) is 1.72. The van der Waals surface area contributed by atoms with Crippen LogP contribution in [-0.2, 0) is 9.84 Å². The van der Waals surface area contributed by atoms with Gasteiger partial charge in [0.1, 0.15) is 10.6 Å². The van der Waals surface area contributed by atoms with Crippen LogP contribution in [0.2, 0.25) is 0 Å². The molecule has 0 radical (unpaired) electrons. The van der Waals surface area contributed by atoms with Crippen LogP contribution in [0.5, 0.6) is 0 Å². The van der Waals surface area contributed by atoms with Gasteiger partial charge in [-0.05, 0) is 25.0 Å². The molecule has 1 unspecified atom stereocenters. The van der Waals surface area contributed by atoms with Crippen LogP contribution in [0, 0.1) is 0 Å². The lowest BCUT2D eigenvalue weighted by Gasteiger charge is -2.32. The molecule has 4 rings (SSSR count). The summed E-state index contributed by atoms with van der Waals surface area (Å²) >= 11 is 1.37. The van der Waals surface area contributed by atoms with Crippen molar-refractivity contribution < 1.29 is 13.2 Å². The fraction of sp³-hybridized carbons (Fsp3) is 0.316. The second kappa shape index (κ2) is 7.96. The molecule has 10 heteroatoms. The SMILES string of the molecule is CS(=O)(=O)c1cnc(-c2ccncc2)nc1C1CCCN(C(=O)c2cscn2)C1. The van der Waals surface area contributed by atoms with E-state index in [9.17, 15) is 13.2 Å². The maximum absolute atomic E-state index is 12.7. The van der Waals surface area contributed by atoms with E-state index in [0.717, 1.165) is 24.7 Å². The monoisotopic (exact) mass is 429 g/mol. The van der Waals surface area contributed by atoms with Crippen LogP contribution in [0.15, 0.2) is 46.5 Å². The first-order valence-corrected chi connectivity index (χ1v) is 11.9. The van der Waals surface area contributed by atoms with Gasteiger partial charge in [-0.2, -0.15) is 0 Å². The van der Waals surface area contributed by atoms with Crippen molar-refractivity contribution in [2.75, 3.05) is 19.3 Å². The summed E-state index contributed by atoms with van der Waals surface area (Å²) in [6.07, 6.45) is 7.31. The maximum Gasteiger partial charge on any atom is 0.273 e. The summed E-state index contributed by atoms with van der Waals surface area (Å²) in [6.45, 7) is 1.01. The summed E-state index contributed by atoms with van der Waals surface area (Å²) in [7, 11) is -3.51. The van der Waals surface area contributed by atoms with E-state index >= 15 is 0 Å². The molecule has 4 heterocycles. The van der Waals surface area contributed by atoms with Crippen LogP contribution in [0.25, 0.3) is 11.4 Å². The predicted molar refractivity (Wildman–Crippen MR) is 108 cm³/mol. The Morgan fingerprint density at radius 3 is 2.72 bits per heavy atom. The molecule has 0 N–H and O–H groups in total. The molecule has 0 spiro atoms. The van der Waals surface area contributed by atoms with Gasteiger partial charge in [-0.1, -0.05) is 0 Å². The van der Waals surface area contributed by atoms with E-state index in [2.05, 4.69) is 19.9 Å². The second-order valence-electron chi connectivity index (χ2n) is 6.92.